The van der Waals surface area contributed by atoms with Gasteiger partial charge in [-0.1, -0.05) is 0 Å². The molecule has 0 saturated carbocycles. The van der Waals surface area contributed by atoms with E-state index in [-0.39, 0.29) is 5.69 Å². The van der Waals surface area contributed by atoms with Crippen LogP contribution in [-0.2, 0) is 0 Å². The van der Waals surface area contributed by atoms with Crippen LogP contribution in [0.2, 0.25) is 0 Å². The molecule has 1 aromatic heterocycles. The third kappa shape index (κ3) is 2.52. The summed E-state index contributed by atoms with van der Waals surface area (Å²) in [7, 11) is 0. The van der Waals surface area contributed by atoms with E-state index >= 15 is 0 Å². The maximum absolute atomic E-state index is 12.1. The number of rotatable bonds is 3. The first-order valence-corrected chi connectivity index (χ1v) is 7.08. The van der Waals surface area contributed by atoms with Crippen LogP contribution in [0, 0.1) is 0 Å². The number of H-pyrrole nitrogens is 1. The standard InChI is InChI=1S/C12H10N2O4S2/c1-20-6-2-3-8(9(19)4-6)14-10(15)7(11(16)17)5-13-12(14)18/h2-5,19H,1H3,(H,13,18)(H,16,17). The van der Waals surface area contributed by atoms with E-state index in [0.29, 0.717) is 4.90 Å². The Morgan fingerprint density at radius 3 is 2.65 bits per heavy atom. The highest BCUT2D eigenvalue weighted by Crippen LogP contribution is 2.23. The number of aromatic amines is 1. The van der Waals surface area contributed by atoms with Crippen molar-refractivity contribution < 1.29 is 9.90 Å². The van der Waals surface area contributed by atoms with Gasteiger partial charge in [-0.25, -0.2) is 14.2 Å². The fourth-order valence-corrected chi connectivity index (χ4v) is 2.50. The maximum atomic E-state index is 12.1. The topological polar surface area (TPSA) is 92.2 Å². The molecular weight excluding hydrogens is 300 g/mol. The Bertz CT molecular complexity index is 795. The van der Waals surface area contributed by atoms with Gasteiger partial charge in [-0.3, -0.25) is 4.79 Å². The number of nitrogens with one attached hydrogen (secondary N) is 1. The molecule has 0 amide bonds. The van der Waals surface area contributed by atoms with Crippen LogP contribution in [0.5, 0.6) is 0 Å². The highest BCUT2D eigenvalue weighted by Gasteiger charge is 2.16. The summed E-state index contributed by atoms with van der Waals surface area (Å²) >= 11 is 5.73. The summed E-state index contributed by atoms with van der Waals surface area (Å²) < 4.78 is 0.760. The smallest absolute Gasteiger partial charge is 0.342 e. The Kier molecular flexibility index (Phi) is 4.05. The summed E-state index contributed by atoms with van der Waals surface area (Å²) in [5, 5.41) is 8.92. The van der Waals surface area contributed by atoms with E-state index < -0.39 is 22.8 Å². The average molecular weight is 310 g/mol. The van der Waals surface area contributed by atoms with E-state index in [1.165, 1.54) is 11.8 Å². The quantitative estimate of drug-likeness (QED) is 0.586. The summed E-state index contributed by atoms with van der Waals surface area (Å²) in [6.07, 6.45) is 2.77. The lowest BCUT2D eigenvalue weighted by atomic mass is 10.3. The molecule has 8 heteroatoms. The number of benzene rings is 1. The van der Waals surface area contributed by atoms with E-state index in [2.05, 4.69) is 17.6 Å². The van der Waals surface area contributed by atoms with Crippen LogP contribution in [0.15, 0.2) is 43.8 Å². The number of carboxylic acid groups (broad SMARTS) is 1. The Hall–Kier alpha value is -1.93. The highest BCUT2D eigenvalue weighted by molar-refractivity contribution is 7.98. The molecule has 2 N–H and O–H groups in total. The zero-order valence-corrected chi connectivity index (χ0v) is 12.0. The Balaban J connectivity index is 2.76. The lowest BCUT2D eigenvalue weighted by molar-refractivity contribution is 0.0694. The fraction of sp³-hybridized carbons (Fsp3) is 0.0833. The zero-order chi connectivity index (χ0) is 14.9. The lowest BCUT2D eigenvalue weighted by Gasteiger charge is -2.09. The van der Waals surface area contributed by atoms with Gasteiger partial charge in [0, 0.05) is 16.0 Å². The predicted molar refractivity (Wildman–Crippen MR) is 78.7 cm³/mol. The molecule has 104 valence electrons. The number of nitrogens with zero attached hydrogens (tertiary/aromatic N) is 1. The maximum Gasteiger partial charge on any atom is 0.342 e. The summed E-state index contributed by atoms with van der Waals surface area (Å²) in [5.41, 5.74) is -1.88. The zero-order valence-electron chi connectivity index (χ0n) is 10.3. The third-order valence-electron chi connectivity index (χ3n) is 2.63. The van der Waals surface area contributed by atoms with Crippen molar-refractivity contribution in [2.45, 2.75) is 9.79 Å². The van der Waals surface area contributed by atoms with Crippen molar-refractivity contribution in [2.24, 2.45) is 0 Å². The lowest BCUT2D eigenvalue weighted by Crippen LogP contribution is -2.37. The summed E-state index contributed by atoms with van der Waals surface area (Å²) in [6, 6.07) is 4.97. The van der Waals surface area contributed by atoms with E-state index in [1.807, 2.05) is 6.26 Å². The molecule has 20 heavy (non-hydrogen) atoms. The van der Waals surface area contributed by atoms with Crippen molar-refractivity contribution in [3.8, 4) is 5.69 Å². The predicted octanol–water partition coefficient (Wildman–Crippen LogP) is 1.23. The van der Waals surface area contributed by atoms with Gasteiger partial charge in [0.2, 0.25) is 0 Å². The Morgan fingerprint density at radius 2 is 2.10 bits per heavy atom. The minimum Gasteiger partial charge on any atom is -0.477 e. The largest absolute Gasteiger partial charge is 0.477 e. The van der Waals surface area contributed by atoms with Gasteiger partial charge in [0.1, 0.15) is 5.56 Å². The molecule has 0 bridgehead atoms. The van der Waals surface area contributed by atoms with Crippen LogP contribution in [0.25, 0.3) is 5.69 Å². The van der Waals surface area contributed by atoms with Crippen LogP contribution in [0.1, 0.15) is 10.4 Å². The van der Waals surface area contributed by atoms with Gasteiger partial charge in [-0.05, 0) is 24.5 Å². The fourth-order valence-electron chi connectivity index (χ4n) is 1.66. The van der Waals surface area contributed by atoms with Crippen LogP contribution in [0.4, 0.5) is 0 Å². The summed E-state index contributed by atoms with van der Waals surface area (Å²) in [4.78, 5) is 38.4. The second kappa shape index (κ2) is 5.59. The molecule has 2 aromatic rings. The molecule has 0 radical (unpaired) electrons. The van der Waals surface area contributed by atoms with Crippen LogP contribution < -0.4 is 11.2 Å². The van der Waals surface area contributed by atoms with Crippen molar-refractivity contribution in [2.75, 3.05) is 6.26 Å². The first-order valence-electron chi connectivity index (χ1n) is 5.41. The second-order valence-electron chi connectivity index (χ2n) is 3.81. The van der Waals surface area contributed by atoms with Crippen molar-refractivity contribution >= 4 is 30.4 Å². The van der Waals surface area contributed by atoms with E-state index in [0.717, 1.165) is 15.7 Å². The van der Waals surface area contributed by atoms with Gasteiger partial charge in [-0.15, -0.1) is 24.4 Å². The van der Waals surface area contributed by atoms with Gasteiger partial charge in [0.25, 0.3) is 5.56 Å². The number of hydrogen-bond donors (Lipinski definition) is 3. The van der Waals surface area contributed by atoms with Crippen molar-refractivity contribution in [3.05, 3.63) is 50.8 Å². The number of carbonyl (C=O) groups is 1. The number of thiol groups is 1. The molecule has 0 fully saturated rings. The molecule has 0 aliphatic heterocycles. The first-order chi connectivity index (χ1) is 9.45. The number of thioether (sulfide) groups is 1. The van der Waals surface area contributed by atoms with Gasteiger partial charge in [0.15, 0.2) is 0 Å². The first kappa shape index (κ1) is 14.5. The molecule has 6 nitrogen and oxygen atoms in total. The molecule has 1 heterocycles. The summed E-state index contributed by atoms with van der Waals surface area (Å²) in [6.45, 7) is 0. The molecule has 2 rings (SSSR count). The average Bonchev–Trinajstić information content (AvgIpc) is 2.40. The molecule has 0 aliphatic carbocycles. The van der Waals surface area contributed by atoms with E-state index in [9.17, 15) is 14.4 Å². The number of carboxylic acids is 1. The van der Waals surface area contributed by atoms with Crippen molar-refractivity contribution in [1.29, 1.82) is 0 Å². The number of hydrogen-bond acceptors (Lipinski definition) is 5. The summed E-state index contributed by atoms with van der Waals surface area (Å²) in [5.74, 6) is -1.40. The van der Waals surface area contributed by atoms with Gasteiger partial charge < -0.3 is 10.1 Å². The van der Waals surface area contributed by atoms with Crippen LogP contribution in [0.3, 0.4) is 0 Å². The minimum absolute atomic E-state index is 0.237. The monoisotopic (exact) mass is 310 g/mol. The van der Waals surface area contributed by atoms with Gasteiger partial charge in [0.05, 0.1) is 5.69 Å². The molecule has 0 unspecified atom stereocenters. The highest BCUT2D eigenvalue weighted by atomic mass is 32.2. The molecular formula is C12H10N2O4S2. The van der Waals surface area contributed by atoms with Gasteiger partial charge >= 0.3 is 11.7 Å². The Labute approximate surface area is 122 Å². The van der Waals surface area contributed by atoms with Gasteiger partial charge in [-0.2, -0.15) is 0 Å². The normalized spacial score (nSPS) is 10.5. The molecule has 1 aromatic carbocycles. The minimum atomic E-state index is -1.40. The SMILES string of the molecule is CSc1ccc(-n2c(=O)[nH]cc(C(=O)O)c2=O)c(S)c1. The number of aromatic nitrogens is 2. The third-order valence-corrected chi connectivity index (χ3v) is 3.71. The van der Waals surface area contributed by atoms with Crippen LogP contribution in [-0.4, -0.2) is 26.9 Å². The van der Waals surface area contributed by atoms with E-state index in [1.54, 1.807) is 18.2 Å². The number of aromatic carboxylic acids is 1. The Morgan fingerprint density at radius 1 is 1.40 bits per heavy atom. The van der Waals surface area contributed by atoms with E-state index in [4.69, 9.17) is 5.11 Å². The molecule has 0 atom stereocenters. The molecule has 0 aliphatic rings. The molecule has 0 spiro atoms. The van der Waals surface area contributed by atoms with Crippen LogP contribution >= 0.6 is 24.4 Å². The second-order valence-corrected chi connectivity index (χ2v) is 5.17. The van der Waals surface area contributed by atoms with Crippen molar-refractivity contribution in [1.82, 2.24) is 9.55 Å². The van der Waals surface area contributed by atoms with Crippen molar-refractivity contribution in [3.63, 3.8) is 0 Å². The molecule has 0 saturated heterocycles.